The van der Waals surface area contributed by atoms with Gasteiger partial charge in [0.15, 0.2) is 0 Å². The lowest BCUT2D eigenvalue weighted by Gasteiger charge is -2.07. The van der Waals surface area contributed by atoms with Crippen LogP contribution in [0.2, 0.25) is 5.02 Å². The average Bonchev–Trinajstić information content (AvgIpc) is 2.49. The lowest BCUT2D eigenvalue weighted by atomic mass is 10.3. The Morgan fingerprint density at radius 2 is 2.24 bits per heavy atom. The molecule has 0 atom stereocenters. The van der Waals surface area contributed by atoms with Crippen molar-refractivity contribution in [3.8, 4) is 0 Å². The second kappa shape index (κ2) is 6.81. The molecule has 5 nitrogen and oxygen atoms in total. The van der Waals surface area contributed by atoms with Crippen LogP contribution >= 0.6 is 11.6 Å². The maximum Gasteiger partial charge on any atom is 0.270 e. The number of nitrogens with one attached hydrogen (secondary N) is 2. The quantitative estimate of drug-likeness (QED) is 0.834. The van der Waals surface area contributed by atoms with Gasteiger partial charge in [-0.05, 0) is 24.3 Å². The molecule has 0 saturated carbocycles. The van der Waals surface area contributed by atoms with E-state index < -0.39 is 5.82 Å². The van der Waals surface area contributed by atoms with E-state index in [1.165, 1.54) is 30.5 Å². The van der Waals surface area contributed by atoms with Crippen LogP contribution in [0.25, 0.3) is 0 Å². The summed E-state index contributed by atoms with van der Waals surface area (Å²) >= 11 is 5.69. The summed E-state index contributed by atoms with van der Waals surface area (Å²) in [5.41, 5.74) is 0.729. The van der Waals surface area contributed by atoms with Crippen molar-refractivity contribution >= 4 is 29.1 Å². The predicted molar refractivity (Wildman–Crippen MR) is 79.3 cm³/mol. The number of halogens is 2. The van der Waals surface area contributed by atoms with Gasteiger partial charge in [-0.15, -0.1) is 6.58 Å². The van der Waals surface area contributed by atoms with Crippen molar-refractivity contribution in [2.45, 2.75) is 0 Å². The first-order valence-electron chi connectivity index (χ1n) is 6.04. The minimum absolute atomic E-state index is 0.0140. The fraction of sp³-hybridized carbons (Fsp3) is 0.0714. The summed E-state index contributed by atoms with van der Waals surface area (Å²) in [5.74, 6) is -0.637. The van der Waals surface area contributed by atoms with Crippen LogP contribution in [0.5, 0.6) is 0 Å². The van der Waals surface area contributed by atoms with E-state index in [1.807, 2.05) is 0 Å². The van der Waals surface area contributed by atoms with Gasteiger partial charge in [0.1, 0.15) is 11.5 Å². The summed E-state index contributed by atoms with van der Waals surface area (Å²) in [6.45, 7) is 3.86. The Balaban J connectivity index is 2.15. The van der Waals surface area contributed by atoms with Gasteiger partial charge in [-0.25, -0.2) is 14.4 Å². The Morgan fingerprint density at radius 3 is 2.95 bits per heavy atom. The smallest absolute Gasteiger partial charge is 0.270 e. The maximum atomic E-state index is 13.1. The molecule has 2 aromatic rings. The van der Waals surface area contributed by atoms with Crippen LogP contribution in [-0.2, 0) is 0 Å². The predicted octanol–water partition coefficient (Wildman–Crippen LogP) is 2.93. The van der Waals surface area contributed by atoms with Gasteiger partial charge < -0.3 is 10.6 Å². The lowest BCUT2D eigenvalue weighted by molar-refractivity contribution is 0.0953. The standard InChI is InChI=1S/C14H12ClFN4O/c1-2-6-17-13(21)12-5-7-18-14(20-12)19-9-3-4-11(16)10(15)8-9/h2-5,7-8H,1,6H2,(H,17,21)(H,18,19,20). The van der Waals surface area contributed by atoms with Crippen LogP contribution in [0.4, 0.5) is 16.0 Å². The third-order valence-corrected chi connectivity index (χ3v) is 2.76. The maximum absolute atomic E-state index is 13.1. The number of anilines is 2. The Kier molecular flexibility index (Phi) is 4.84. The van der Waals surface area contributed by atoms with E-state index in [4.69, 9.17) is 11.6 Å². The van der Waals surface area contributed by atoms with Crippen molar-refractivity contribution in [1.82, 2.24) is 15.3 Å². The molecule has 21 heavy (non-hydrogen) atoms. The molecule has 108 valence electrons. The molecule has 1 amide bonds. The molecule has 0 saturated heterocycles. The van der Waals surface area contributed by atoms with Crippen molar-refractivity contribution in [3.05, 3.63) is 59.7 Å². The molecule has 0 radical (unpaired) electrons. The van der Waals surface area contributed by atoms with Gasteiger partial charge in [-0.3, -0.25) is 4.79 Å². The van der Waals surface area contributed by atoms with Crippen molar-refractivity contribution in [2.24, 2.45) is 0 Å². The lowest BCUT2D eigenvalue weighted by Crippen LogP contribution is -2.24. The first-order chi connectivity index (χ1) is 10.1. The fourth-order valence-corrected chi connectivity index (χ4v) is 1.68. The summed E-state index contributed by atoms with van der Waals surface area (Å²) in [5, 5.41) is 5.45. The summed E-state index contributed by atoms with van der Waals surface area (Å²) in [6, 6.07) is 5.62. The normalized spacial score (nSPS) is 10.0. The van der Waals surface area contributed by atoms with Crippen molar-refractivity contribution in [3.63, 3.8) is 0 Å². The molecule has 1 heterocycles. The van der Waals surface area contributed by atoms with Crippen LogP contribution in [-0.4, -0.2) is 22.4 Å². The average molecular weight is 307 g/mol. The van der Waals surface area contributed by atoms with Gasteiger partial charge in [0.2, 0.25) is 5.95 Å². The van der Waals surface area contributed by atoms with E-state index in [0.717, 1.165) is 0 Å². The van der Waals surface area contributed by atoms with Gasteiger partial charge in [0, 0.05) is 18.4 Å². The van der Waals surface area contributed by atoms with E-state index >= 15 is 0 Å². The van der Waals surface area contributed by atoms with Gasteiger partial charge in [-0.2, -0.15) is 0 Å². The molecule has 0 aliphatic heterocycles. The van der Waals surface area contributed by atoms with E-state index in [2.05, 4.69) is 27.2 Å². The Labute approximate surface area is 125 Å². The van der Waals surface area contributed by atoms with E-state index in [1.54, 1.807) is 6.08 Å². The number of nitrogens with zero attached hydrogens (tertiary/aromatic N) is 2. The summed E-state index contributed by atoms with van der Waals surface area (Å²) in [4.78, 5) is 19.8. The van der Waals surface area contributed by atoms with E-state index in [9.17, 15) is 9.18 Å². The van der Waals surface area contributed by atoms with Crippen LogP contribution in [0.3, 0.4) is 0 Å². The number of aromatic nitrogens is 2. The molecule has 1 aromatic carbocycles. The SMILES string of the molecule is C=CCNC(=O)c1ccnc(Nc2ccc(F)c(Cl)c2)n1. The molecule has 0 aliphatic rings. The summed E-state index contributed by atoms with van der Waals surface area (Å²) in [7, 11) is 0. The number of rotatable bonds is 5. The van der Waals surface area contributed by atoms with E-state index in [0.29, 0.717) is 12.2 Å². The topological polar surface area (TPSA) is 66.9 Å². The highest BCUT2D eigenvalue weighted by molar-refractivity contribution is 6.31. The van der Waals surface area contributed by atoms with Crippen LogP contribution in [0, 0.1) is 5.82 Å². The van der Waals surface area contributed by atoms with Gasteiger partial charge in [0.25, 0.3) is 5.91 Å². The molecule has 0 bridgehead atoms. The fourth-order valence-electron chi connectivity index (χ4n) is 1.50. The second-order valence-electron chi connectivity index (χ2n) is 4.02. The first kappa shape index (κ1) is 14.9. The number of benzene rings is 1. The number of hydrogen-bond donors (Lipinski definition) is 2. The molecule has 1 aromatic heterocycles. The molecule has 2 N–H and O–H groups in total. The molecule has 7 heteroatoms. The van der Waals surface area contributed by atoms with Crippen molar-refractivity contribution < 1.29 is 9.18 Å². The number of carbonyl (C=O) groups is 1. The van der Waals surface area contributed by atoms with Crippen LogP contribution in [0.1, 0.15) is 10.5 Å². The minimum Gasteiger partial charge on any atom is -0.347 e. The van der Waals surface area contributed by atoms with Crippen molar-refractivity contribution in [1.29, 1.82) is 0 Å². The Hall–Kier alpha value is -2.47. The minimum atomic E-state index is -0.513. The number of carbonyl (C=O) groups excluding carboxylic acids is 1. The van der Waals surface area contributed by atoms with Crippen molar-refractivity contribution in [2.75, 3.05) is 11.9 Å². The third kappa shape index (κ3) is 4.00. The highest BCUT2D eigenvalue weighted by Gasteiger charge is 2.08. The molecule has 0 unspecified atom stereocenters. The third-order valence-electron chi connectivity index (χ3n) is 2.47. The molecular weight excluding hydrogens is 295 g/mol. The molecule has 0 aliphatic carbocycles. The molecular formula is C14H12ClFN4O. The number of hydrogen-bond acceptors (Lipinski definition) is 4. The highest BCUT2D eigenvalue weighted by atomic mass is 35.5. The molecule has 0 spiro atoms. The highest BCUT2D eigenvalue weighted by Crippen LogP contribution is 2.21. The second-order valence-corrected chi connectivity index (χ2v) is 4.43. The zero-order valence-electron chi connectivity index (χ0n) is 10.9. The Morgan fingerprint density at radius 1 is 1.43 bits per heavy atom. The Bertz CT molecular complexity index is 678. The van der Waals surface area contributed by atoms with Gasteiger partial charge in [-0.1, -0.05) is 17.7 Å². The van der Waals surface area contributed by atoms with Gasteiger partial charge >= 0.3 is 0 Å². The van der Waals surface area contributed by atoms with E-state index in [-0.39, 0.29) is 22.6 Å². The number of amides is 1. The zero-order valence-corrected chi connectivity index (χ0v) is 11.7. The largest absolute Gasteiger partial charge is 0.347 e. The van der Waals surface area contributed by atoms with Gasteiger partial charge in [0.05, 0.1) is 5.02 Å². The summed E-state index contributed by atoms with van der Waals surface area (Å²) < 4.78 is 13.1. The first-order valence-corrected chi connectivity index (χ1v) is 6.42. The van der Waals surface area contributed by atoms with Crippen LogP contribution < -0.4 is 10.6 Å². The summed E-state index contributed by atoms with van der Waals surface area (Å²) in [6.07, 6.45) is 3.02. The molecule has 0 fully saturated rings. The monoisotopic (exact) mass is 306 g/mol. The van der Waals surface area contributed by atoms with Crippen LogP contribution in [0.15, 0.2) is 43.1 Å². The molecule has 2 rings (SSSR count). The zero-order chi connectivity index (χ0) is 15.2.